The number of nitrogens with one attached hydrogen (secondary N) is 1. The highest BCUT2D eigenvalue weighted by Gasteiger charge is 2.25. The molecule has 0 saturated carbocycles. The predicted molar refractivity (Wildman–Crippen MR) is 119 cm³/mol. The standard InChI is InChI=1S/C23H35N5O2/c1-6-24-23(25-11-7-8-21-26-22(16(2)3)27-30-21)28-12-13-29-20(15-28)19-10-9-17(4)14-18(19)5/h9-10,14,16,20H,6-8,11-13,15H2,1-5H3,(H,24,25). The number of benzene rings is 1. The quantitative estimate of drug-likeness (QED) is 0.423. The summed E-state index contributed by atoms with van der Waals surface area (Å²) < 4.78 is 11.4. The topological polar surface area (TPSA) is 75.8 Å². The Morgan fingerprint density at radius 1 is 1.33 bits per heavy atom. The van der Waals surface area contributed by atoms with Crippen LogP contribution in [0, 0.1) is 13.8 Å². The summed E-state index contributed by atoms with van der Waals surface area (Å²) in [5.41, 5.74) is 3.82. The van der Waals surface area contributed by atoms with Crippen molar-refractivity contribution in [2.75, 3.05) is 32.8 Å². The van der Waals surface area contributed by atoms with Gasteiger partial charge in [0.15, 0.2) is 11.8 Å². The van der Waals surface area contributed by atoms with Crippen molar-refractivity contribution >= 4 is 5.96 Å². The van der Waals surface area contributed by atoms with Gasteiger partial charge in [-0.1, -0.05) is 42.8 Å². The van der Waals surface area contributed by atoms with Crippen LogP contribution in [0.2, 0.25) is 0 Å². The number of aryl methyl sites for hydroxylation is 3. The van der Waals surface area contributed by atoms with Crippen molar-refractivity contribution in [2.24, 2.45) is 4.99 Å². The van der Waals surface area contributed by atoms with Gasteiger partial charge in [0.2, 0.25) is 5.89 Å². The molecule has 1 aliphatic heterocycles. The first-order valence-corrected chi connectivity index (χ1v) is 11.0. The number of aromatic nitrogens is 2. The van der Waals surface area contributed by atoms with Gasteiger partial charge in [-0.2, -0.15) is 4.98 Å². The lowest BCUT2D eigenvalue weighted by molar-refractivity contribution is -0.00833. The molecule has 1 unspecified atom stereocenters. The molecule has 1 atom stereocenters. The van der Waals surface area contributed by atoms with Crippen LogP contribution in [-0.2, 0) is 11.2 Å². The Kier molecular flexibility index (Phi) is 7.85. The first kappa shape index (κ1) is 22.3. The fourth-order valence-corrected chi connectivity index (χ4v) is 3.66. The van der Waals surface area contributed by atoms with Crippen molar-refractivity contribution in [3.63, 3.8) is 0 Å². The largest absolute Gasteiger partial charge is 0.370 e. The van der Waals surface area contributed by atoms with E-state index in [4.69, 9.17) is 14.3 Å². The van der Waals surface area contributed by atoms with Crippen molar-refractivity contribution in [1.82, 2.24) is 20.4 Å². The molecule has 164 valence electrons. The van der Waals surface area contributed by atoms with E-state index in [2.05, 4.69) is 73.2 Å². The molecule has 1 aromatic heterocycles. The van der Waals surface area contributed by atoms with E-state index in [1.807, 2.05) is 0 Å². The molecular weight excluding hydrogens is 378 g/mol. The SMILES string of the molecule is CCNC(=NCCCc1nc(C(C)C)no1)N1CCOC(c2ccc(C)cc2C)C1. The molecule has 0 radical (unpaired) electrons. The van der Waals surface area contributed by atoms with Crippen LogP contribution in [0.15, 0.2) is 27.7 Å². The number of hydrogen-bond donors (Lipinski definition) is 1. The number of rotatable bonds is 7. The summed E-state index contributed by atoms with van der Waals surface area (Å²) in [6.45, 7) is 14.4. The summed E-state index contributed by atoms with van der Waals surface area (Å²) in [4.78, 5) is 11.6. The van der Waals surface area contributed by atoms with E-state index in [1.54, 1.807) is 0 Å². The van der Waals surface area contributed by atoms with Crippen LogP contribution < -0.4 is 5.32 Å². The Morgan fingerprint density at radius 3 is 2.87 bits per heavy atom. The summed E-state index contributed by atoms with van der Waals surface area (Å²) in [7, 11) is 0. The molecule has 1 saturated heterocycles. The highest BCUT2D eigenvalue weighted by molar-refractivity contribution is 5.80. The van der Waals surface area contributed by atoms with Crippen molar-refractivity contribution in [1.29, 1.82) is 0 Å². The van der Waals surface area contributed by atoms with Crippen LogP contribution in [0.25, 0.3) is 0 Å². The van der Waals surface area contributed by atoms with E-state index in [-0.39, 0.29) is 12.0 Å². The van der Waals surface area contributed by atoms with Gasteiger partial charge in [0.1, 0.15) is 6.10 Å². The fourth-order valence-electron chi connectivity index (χ4n) is 3.66. The fraction of sp³-hybridized carbons (Fsp3) is 0.609. The lowest BCUT2D eigenvalue weighted by atomic mass is 10.00. The minimum Gasteiger partial charge on any atom is -0.370 e. The molecule has 30 heavy (non-hydrogen) atoms. The molecule has 1 fully saturated rings. The van der Waals surface area contributed by atoms with E-state index in [1.165, 1.54) is 16.7 Å². The van der Waals surface area contributed by atoms with Crippen LogP contribution in [0.5, 0.6) is 0 Å². The highest BCUT2D eigenvalue weighted by Crippen LogP contribution is 2.26. The van der Waals surface area contributed by atoms with Crippen LogP contribution in [0.1, 0.15) is 67.6 Å². The molecule has 1 aliphatic rings. The van der Waals surface area contributed by atoms with E-state index < -0.39 is 0 Å². The molecule has 7 nitrogen and oxygen atoms in total. The zero-order valence-electron chi connectivity index (χ0n) is 18.9. The number of guanidine groups is 1. The van der Waals surface area contributed by atoms with Gasteiger partial charge in [0.05, 0.1) is 13.2 Å². The lowest BCUT2D eigenvalue weighted by Crippen LogP contribution is -2.48. The van der Waals surface area contributed by atoms with Crippen molar-refractivity contribution in [2.45, 2.75) is 59.5 Å². The van der Waals surface area contributed by atoms with E-state index in [0.717, 1.165) is 44.3 Å². The second kappa shape index (κ2) is 10.6. The summed E-state index contributed by atoms with van der Waals surface area (Å²) >= 11 is 0. The Bertz CT molecular complexity index is 846. The second-order valence-electron chi connectivity index (χ2n) is 8.21. The minimum atomic E-state index is 0.0658. The highest BCUT2D eigenvalue weighted by atomic mass is 16.5. The Morgan fingerprint density at radius 2 is 2.17 bits per heavy atom. The molecule has 1 aromatic carbocycles. The van der Waals surface area contributed by atoms with Gasteiger partial charge < -0.3 is 19.5 Å². The van der Waals surface area contributed by atoms with Gasteiger partial charge in [0, 0.05) is 32.0 Å². The Hall–Kier alpha value is -2.41. The number of hydrogen-bond acceptors (Lipinski definition) is 5. The first-order chi connectivity index (χ1) is 14.5. The number of morpholine rings is 1. The molecule has 7 heteroatoms. The third-order valence-electron chi connectivity index (χ3n) is 5.28. The van der Waals surface area contributed by atoms with Gasteiger partial charge in [-0.15, -0.1) is 0 Å². The van der Waals surface area contributed by atoms with Gasteiger partial charge in [-0.3, -0.25) is 4.99 Å². The summed E-state index contributed by atoms with van der Waals surface area (Å²) in [5.74, 6) is 2.70. The third-order valence-corrected chi connectivity index (χ3v) is 5.28. The maximum atomic E-state index is 6.10. The molecule has 1 N–H and O–H groups in total. The minimum absolute atomic E-state index is 0.0658. The lowest BCUT2D eigenvalue weighted by Gasteiger charge is -2.36. The predicted octanol–water partition coefficient (Wildman–Crippen LogP) is 3.78. The summed E-state index contributed by atoms with van der Waals surface area (Å²) in [6.07, 6.45) is 1.69. The zero-order valence-corrected chi connectivity index (χ0v) is 18.9. The van der Waals surface area contributed by atoms with Crippen molar-refractivity contribution in [3.05, 3.63) is 46.6 Å². The molecule has 0 bridgehead atoms. The second-order valence-corrected chi connectivity index (χ2v) is 8.21. The van der Waals surface area contributed by atoms with Gasteiger partial charge in [-0.05, 0) is 38.3 Å². The summed E-state index contributed by atoms with van der Waals surface area (Å²) in [6, 6.07) is 6.57. The molecule has 3 rings (SSSR count). The van der Waals surface area contributed by atoms with Crippen LogP contribution in [0.3, 0.4) is 0 Å². The van der Waals surface area contributed by atoms with Gasteiger partial charge in [0.25, 0.3) is 0 Å². The smallest absolute Gasteiger partial charge is 0.226 e. The Labute approximate surface area is 179 Å². The molecule has 0 aliphatic carbocycles. The summed E-state index contributed by atoms with van der Waals surface area (Å²) in [5, 5.41) is 7.46. The van der Waals surface area contributed by atoms with E-state index in [9.17, 15) is 0 Å². The molecule has 2 aromatic rings. The maximum Gasteiger partial charge on any atom is 0.226 e. The Balaban J connectivity index is 1.59. The van der Waals surface area contributed by atoms with Crippen LogP contribution in [-0.4, -0.2) is 53.8 Å². The monoisotopic (exact) mass is 413 g/mol. The molecule has 0 amide bonds. The average Bonchev–Trinajstić information content (AvgIpc) is 3.20. The molecule has 2 heterocycles. The van der Waals surface area contributed by atoms with Crippen molar-refractivity contribution < 1.29 is 9.26 Å². The normalized spacial score (nSPS) is 17.6. The van der Waals surface area contributed by atoms with Gasteiger partial charge in [-0.25, -0.2) is 0 Å². The maximum absolute atomic E-state index is 6.10. The van der Waals surface area contributed by atoms with E-state index >= 15 is 0 Å². The number of nitrogens with zero attached hydrogens (tertiary/aromatic N) is 4. The molecule has 0 spiro atoms. The van der Waals surface area contributed by atoms with Gasteiger partial charge >= 0.3 is 0 Å². The van der Waals surface area contributed by atoms with Crippen molar-refractivity contribution in [3.8, 4) is 0 Å². The van der Waals surface area contributed by atoms with Crippen LogP contribution in [0.4, 0.5) is 0 Å². The average molecular weight is 414 g/mol. The number of aliphatic imine (C=N–C) groups is 1. The molecular formula is C23H35N5O2. The third kappa shape index (κ3) is 5.81. The van der Waals surface area contributed by atoms with Crippen LogP contribution >= 0.6 is 0 Å². The number of ether oxygens (including phenoxy) is 1. The zero-order chi connectivity index (χ0) is 21.5. The first-order valence-electron chi connectivity index (χ1n) is 11.0. The van der Waals surface area contributed by atoms with E-state index in [0.29, 0.717) is 19.0 Å².